The van der Waals surface area contributed by atoms with Crippen molar-refractivity contribution in [2.45, 2.75) is 41.0 Å². The summed E-state index contributed by atoms with van der Waals surface area (Å²) in [6.45, 7) is 5.98. The number of hydrogen-bond acceptors (Lipinski definition) is 1. The maximum Gasteiger partial charge on any atom is 0.213 e. The number of pyridine rings is 1. The fourth-order valence-corrected chi connectivity index (χ4v) is 4.73. The number of aromatic nitrogens is 3. The molecule has 1 aliphatic heterocycles. The van der Waals surface area contributed by atoms with E-state index in [0.29, 0.717) is 12.0 Å². The van der Waals surface area contributed by atoms with Crippen molar-refractivity contribution in [1.82, 2.24) is 9.55 Å². The zero-order valence-corrected chi connectivity index (χ0v) is 17.0. The molecule has 0 radical (unpaired) electrons. The first-order chi connectivity index (χ1) is 14.6. The summed E-state index contributed by atoms with van der Waals surface area (Å²) in [7, 11) is 2.06. The summed E-state index contributed by atoms with van der Waals surface area (Å²) in [5, 5.41) is 1.25. The summed E-state index contributed by atoms with van der Waals surface area (Å²) in [5.74, 6) is 0.907. The van der Waals surface area contributed by atoms with Gasteiger partial charge in [0.2, 0.25) is 11.2 Å². The molecular formula is C25H26N3+. The number of fused-ring (bicyclic) bond motifs is 4. The minimum atomic E-state index is -2.19. The van der Waals surface area contributed by atoms with Crippen LogP contribution in [0.4, 0.5) is 0 Å². The molecule has 4 aromatic rings. The van der Waals surface area contributed by atoms with Gasteiger partial charge in [0.15, 0.2) is 0 Å². The molecule has 140 valence electrons. The molecule has 2 aromatic heterocycles. The maximum absolute atomic E-state index is 8.30. The smallest absolute Gasteiger partial charge is 0.213 e. The van der Waals surface area contributed by atoms with Crippen LogP contribution in [0.1, 0.15) is 43.4 Å². The van der Waals surface area contributed by atoms with Crippen molar-refractivity contribution in [3.05, 3.63) is 75.9 Å². The van der Waals surface area contributed by atoms with Crippen molar-refractivity contribution >= 4 is 10.9 Å². The van der Waals surface area contributed by atoms with Gasteiger partial charge >= 0.3 is 0 Å². The second kappa shape index (κ2) is 5.78. The van der Waals surface area contributed by atoms with E-state index in [2.05, 4.69) is 65.3 Å². The minimum absolute atomic E-state index is 0.463. The molecule has 0 atom stereocenters. The molecule has 0 N–H and O–H groups in total. The molecule has 0 bridgehead atoms. The third-order valence-corrected chi connectivity index (χ3v) is 6.16. The number of benzene rings is 2. The van der Waals surface area contributed by atoms with Gasteiger partial charge in [0.05, 0.1) is 22.3 Å². The molecule has 28 heavy (non-hydrogen) atoms. The molecule has 0 fully saturated rings. The van der Waals surface area contributed by atoms with E-state index >= 15 is 0 Å². The first-order valence-electron chi connectivity index (χ1n) is 11.2. The van der Waals surface area contributed by atoms with Crippen LogP contribution in [-0.4, -0.2) is 9.55 Å². The summed E-state index contributed by atoms with van der Waals surface area (Å²) >= 11 is 0. The average molecular weight is 372 g/mol. The first kappa shape index (κ1) is 14.1. The molecule has 0 unspecified atom stereocenters. The molecule has 1 aliphatic rings. The first-order valence-corrected chi connectivity index (χ1v) is 9.69. The molecule has 0 aliphatic carbocycles. The van der Waals surface area contributed by atoms with Gasteiger partial charge in [0.1, 0.15) is 12.9 Å². The number of nitrogens with zero attached hydrogens (tertiary/aromatic N) is 3. The van der Waals surface area contributed by atoms with E-state index in [1.165, 1.54) is 16.5 Å². The summed E-state index contributed by atoms with van der Waals surface area (Å²) in [6, 6.07) is 10.7. The monoisotopic (exact) mass is 371 g/mol. The van der Waals surface area contributed by atoms with Crippen LogP contribution < -0.4 is 4.57 Å². The van der Waals surface area contributed by atoms with Gasteiger partial charge in [0.25, 0.3) is 0 Å². The molecule has 2 aromatic carbocycles. The Morgan fingerprint density at radius 2 is 1.89 bits per heavy atom. The van der Waals surface area contributed by atoms with Crippen LogP contribution in [0.2, 0.25) is 0 Å². The van der Waals surface area contributed by atoms with Crippen LogP contribution in [-0.2, 0) is 13.5 Å². The van der Waals surface area contributed by atoms with Crippen molar-refractivity contribution in [2.75, 3.05) is 0 Å². The van der Waals surface area contributed by atoms with Crippen molar-refractivity contribution in [2.24, 2.45) is 7.05 Å². The van der Waals surface area contributed by atoms with Crippen molar-refractivity contribution in [3.63, 3.8) is 0 Å². The normalized spacial score (nSPS) is 14.5. The van der Waals surface area contributed by atoms with Crippen LogP contribution in [0.15, 0.2) is 36.5 Å². The lowest BCUT2D eigenvalue weighted by atomic mass is 9.92. The van der Waals surface area contributed by atoms with Crippen LogP contribution in [0.25, 0.3) is 27.8 Å². The molecule has 0 spiro atoms. The van der Waals surface area contributed by atoms with Gasteiger partial charge in [0, 0.05) is 28.9 Å². The van der Waals surface area contributed by atoms with Gasteiger partial charge in [-0.25, -0.2) is 4.98 Å². The highest BCUT2D eigenvalue weighted by Crippen LogP contribution is 2.37. The Morgan fingerprint density at radius 3 is 2.68 bits per heavy atom. The molecule has 0 saturated heterocycles. The average Bonchev–Trinajstić information content (AvgIpc) is 3.18. The molecule has 3 heteroatoms. The molecule has 3 nitrogen and oxygen atoms in total. The lowest BCUT2D eigenvalue weighted by Gasteiger charge is -2.15. The predicted octanol–water partition coefficient (Wildman–Crippen LogP) is 4.96. The van der Waals surface area contributed by atoms with Crippen molar-refractivity contribution in [3.8, 4) is 16.9 Å². The van der Waals surface area contributed by atoms with Gasteiger partial charge in [-0.2, -0.15) is 4.57 Å². The standard InChI is InChI=1S/C25H26N3/c1-14-8-7-9-21-25(14)15(2)10-22(27(21)6)19-11-23-20(18(5)17(19)4)12-24-26-16(3)13-28(23)24/h7-11,13H,12H2,1-6H3/q+1/i5D3. The second-order valence-corrected chi connectivity index (χ2v) is 8.01. The van der Waals surface area contributed by atoms with E-state index in [-0.39, 0.29) is 0 Å². The van der Waals surface area contributed by atoms with E-state index in [1.54, 1.807) is 0 Å². The van der Waals surface area contributed by atoms with Crippen LogP contribution in [0.3, 0.4) is 0 Å². The Balaban J connectivity index is 1.88. The van der Waals surface area contributed by atoms with Gasteiger partial charge in [-0.1, -0.05) is 12.1 Å². The highest BCUT2D eigenvalue weighted by atomic mass is 15.1. The summed E-state index contributed by atoms with van der Waals surface area (Å²) in [4.78, 5) is 4.62. The summed E-state index contributed by atoms with van der Waals surface area (Å²) in [5.41, 5.74) is 9.59. The van der Waals surface area contributed by atoms with Crippen LogP contribution >= 0.6 is 0 Å². The van der Waals surface area contributed by atoms with Gasteiger partial charge in [-0.15, -0.1) is 0 Å². The SMILES string of the molecule is [2H]C([2H])([2H])c1c(C)c(-c2cc(C)c3c(C)cccc3[n+]2C)cc2c1Cc1nc(C)cn1-2. The fourth-order valence-electron chi connectivity index (χ4n) is 4.73. The summed E-state index contributed by atoms with van der Waals surface area (Å²) in [6.07, 6.45) is 2.55. The Morgan fingerprint density at radius 1 is 1.07 bits per heavy atom. The Hall–Kier alpha value is -2.94. The van der Waals surface area contributed by atoms with E-state index < -0.39 is 6.85 Å². The third kappa shape index (κ3) is 2.22. The van der Waals surface area contributed by atoms with E-state index in [4.69, 9.17) is 4.11 Å². The molecule has 0 saturated carbocycles. The number of aryl methyl sites for hydroxylation is 4. The highest BCUT2D eigenvalue weighted by Gasteiger charge is 2.27. The Labute approximate surface area is 170 Å². The summed E-state index contributed by atoms with van der Waals surface area (Å²) < 4.78 is 29.1. The van der Waals surface area contributed by atoms with Crippen LogP contribution in [0.5, 0.6) is 0 Å². The van der Waals surface area contributed by atoms with Gasteiger partial charge in [-0.3, -0.25) is 0 Å². The number of rotatable bonds is 1. The lowest BCUT2D eigenvalue weighted by Crippen LogP contribution is -2.33. The molecule has 5 rings (SSSR count). The van der Waals surface area contributed by atoms with Gasteiger partial charge < -0.3 is 4.57 Å². The largest absolute Gasteiger partial charge is 0.303 e. The quantitative estimate of drug-likeness (QED) is 0.382. The van der Waals surface area contributed by atoms with Crippen molar-refractivity contribution < 1.29 is 8.68 Å². The minimum Gasteiger partial charge on any atom is -0.303 e. The maximum atomic E-state index is 8.30. The lowest BCUT2D eigenvalue weighted by molar-refractivity contribution is -0.633. The molecule has 0 amide bonds. The predicted molar refractivity (Wildman–Crippen MR) is 114 cm³/mol. The Kier molecular flexibility index (Phi) is 2.91. The molecular weight excluding hydrogens is 342 g/mol. The third-order valence-electron chi connectivity index (χ3n) is 6.16. The second-order valence-electron chi connectivity index (χ2n) is 8.01. The fraction of sp³-hybridized carbons (Fsp3) is 0.280. The number of imidazole rings is 1. The van der Waals surface area contributed by atoms with Crippen LogP contribution in [0, 0.1) is 34.5 Å². The van der Waals surface area contributed by atoms with E-state index in [0.717, 1.165) is 45.1 Å². The Bertz CT molecular complexity index is 1390. The van der Waals surface area contributed by atoms with Gasteiger partial charge in [-0.05, 0) is 68.4 Å². The zero-order chi connectivity index (χ0) is 22.2. The zero-order valence-electron chi connectivity index (χ0n) is 20.0. The van der Waals surface area contributed by atoms with Crippen molar-refractivity contribution in [1.29, 1.82) is 0 Å². The van der Waals surface area contributed by atoms with E-state index in [9.17, 15) is 0 Å². The van der Waals surface area contributed by atoms with E-state index in [1.807, 2.05) is 20.0 Å². The molecule has 3 heterocycles. The highest BCUT2D eigenvalue weighted by molar-refractivity contribution is 5.85. The number of hydrogen-bond donors (Lipinski definition) is 0. The topological polar surface area (TPSA) is 21.7 Å².